The highest BCUT2D eigenvalue weighted by Crippen LogP contribution is 2.26. The SMILES string of the molecule is Cc1c(NC(=O)C[N+](C)(C)C2CCCC2)c(=O)n(-c2ccccc2)n1C. The molecule has 0 saturated heterocycles. The molecule has 1 fully saturated rings. The third-order valence-electron chi connectivity index (χ3n) is 5.68. The summed E-state index contributed by atoms with van der Waals surface area (Å²) in [6, 6.07) is 9.99. The summed E-state index contributed by atoms with van der Waals surface area (Å²) in [4.78, 5) is 25.6. The second-order valence-corrected chi connectivity index (χ2v) is 7.86. The second kappa shape index (κ2) is 7.11. The van der Waals surface area contributed by atoms with E-state index < -0.39 is 0 Å². The summed E-state index contributed by atoms with van der Waals surface area (Å²) >= 11 is 0. The van der Waals surface area contributed by atoms with Crippen molar-refractivity contribution in [3.05, 3.63) is 46.4 Å². The molecule has 140 valence electrons. The summed E-state index contributed by atoms with van der Waals surface area (Å²) in [5, 5.41) is 2.88. The summed E-state index contributed by atoms with van der Waals surface area (Å²) < 4.78 is 4.04. The van der Waals surface area contributed by atoms with Crippen molar-refractivity contribution >= 4 is 11.6 Å². The van der Waals surface area contributed by atoms with E-state index in [0.717, 1.165) is 11.4 Å². The van der Waals surface area contributed by atoms with Gasteiger partial charge in [0, 0.05) is 7.05 Å². The quantitative estimate of drug-likeness (QED) is 0.836. The minimum atomic E-state index is -0.198. The van der Waals surface area contributed by atoms with Crippen LogP contribution in [0.2, 0.25) is 0 Å². The van der Waals surface area contributed by atoms with Crippen LogP contribution in [0.1, 0.15) is 31.4 Å². The van der Waals surface area contributed by atoms with Crippen LogP contribution in [0.4, 0.5) is 5.69 Å². The Balaban J connectivity index is 1.82. The molecule has 0 atom stereocenters. The number of carbonyl (C=O) groups is 1. The summed E-state index contributed by atoms with van der Waals surface area (Å²) in [5.74, 6) is -0.104. The summed E-state index contributed by atoms with van der Waals surface area (Å²) in [5.41, 5.74) is 1.70. The Morgan fingerprint density at radius 1 is 1.19 bits per heavy atom. The fraction of sp³-hybridized carbons (Fsp3) is 0.500. The zero-order valence-corrected chi connectivity index (χ0v) is 16.2. The Labute approximate surface area is 154 Å². The topological polar surface area (TPSA) is 56.0 Å². The van der Waals surface area contributed by atoms with Crippen LogP contribution in [-0.2, 0) is 11.8 Å². The van der Waals surface area contributed by atoms with Gasteiger partial charge >= 0.3 is 0 Å². The van der Waals surface area contributed by atoms with E-state index in [0.29, 0.717) is 22.8 Å². The maximum absolute atomic E-state index is 12.9. The van der Waals surface area contributed by atoms with Gasteiger partial charge in [0.25, 0.3) is 11.5 Å². The number of carbonyl (C=O) groups excluding carboxylic acids is 1. The molecule has 6 nitrogen and oxygen atoms in total. The van der Waals surface area contributed by atoms with Crippen LogP contribution in [0.15, 0.2) is 35.1 Å². The molecule has 0 radical (unpaired) electrons. The zero-order valence-electron chi connectivity index (χ0n) is 16.2. The molecule has 2 aromatic rings. The lowest BCUT2D eigenvalue weighted by Gasteiger charge is -2.35. The molecule has 26 heavy (non-hydrogen) atoms. The molecular weight excluding hydrogens is 328 g/mol. The standard InChI is InChI=1S/C20H28N4O2/c1-15-19(20(26)23(22(15)2)16-10-6-5-7-11-16)21-18(25)14-24(3,4)17-12-8-9-13-17/h5-7,10-11,17H,8-9,12-14H2,1-4H3/p+1. The maximum atomic E-state index is 12.9. The van der Waals surface area contributed by atoms with Gasteiger partial charge in [0.15, 0.2) is 6.54 Å². The number of nitrogens with one attached hydrogen (secondary N) is 1. The van der Waals surface area contributed by atoms with Gasteiger partial charge in [0.2, 0.25) is 0 Å². The fourth-order valence-corrected chi connectivity index (χ4v) is 3.99. The molecule has 1 aliphatic rings. The van der Waals surface area contributed by atoms with E-state index in [1.807, 2.05) is 44.3 Å². The Bertz CT molecular complexity index is 843. The molecule has 0 spiro atoms. The Hall–Kier alpha value is -2.34. The van der Waals surface area contributed by atoms with Crippen LogP contribution in [-0.4, -0.2) is 46.4 Å². The molecule has 1 aromatic heterocycles. The molecule has 3 rings (SSSR count). The van der Waals surface area contributed by atoms with E-state index in [9.17, 15) is 9.59 Å². The molecule has 1 saturated carbocycles. The van der Waals surface area contributed by atoms with Gasteiger partial charge in [-0.25, -0.2) is 4.68 Å². The Morgan fingerprint density at radius 3 is 2.42 bits per heavy atom. The molecule has 1 N–H and O–H groups in total. The zero-order chi connectivity index (χ0) is 18.9. The number of hydrogen-bond acceptors (Lipinski definition) is 2. The van der Waals surface area contributed by atoms with Gasteiger partial charge in [0.1, 0.15) is 5.69 Å². The normalized spacial score (nSPS) is 15.4. The van der Waals surface area contributed by atoms with Crippen LogP contribution in [0, 0.1) is 6.92 Å². The summed E-state index contributed by atoms with van der Waals surface area (Å²) in [7, 11) is 6.04. The van der Waals surface area contributed by atoms with E-state index in [4.69, 9.17) is 0 Å². The largest absolute Gasteiger partial charge is 0.318 e. The van der Waals surface area contributed by atoms with Crippen molar-refractivity contribution in [2.75, 3.05) is 26.0 Å². The first-order valence-corrected chi connectivity index (χ1v) is 9.28. The van der Waals surface area contributed by atoms with Gasteiger partial charge in [-0.15, -0.1) is 0 Å². The molecule has 0 unspecified atom stereocenters. The minimum absolute atomic E-state index is 0.104. The van der Waals surface area contributed by atoms with Crippen LogP contribution in [0.25, 0.3) is 5.69 Å². The Kier molecular flexibility index (Phi) is 5.05. The molecule has 1 heterocycles. The van der Waals surface area contributed by atoms with Gasteiger partial charge in [0.05, 0.1) is 31.5 Å². The lowest BCUT2D eigenvalue weighted by Crippen LogP contribution is -2.51. The predicted octanol–water partition coefficient (Wildman–Crippen LogP) is 2.44. The number of benzene rings is 1. The van der Waals surface area contributed by atoms with E-state index in [1.165, 1.54) is 25.7 Å². The lowest BCUT2D eigenvalue weighted by molar-refractivity contribution is -0.906. The van der Waals surface area contributed by atoms with E-state index in [1.54, 1.807) is 9.36 Å². The lowest BCUT2D eigenvalue weighted by atomic mass is 10.2. The van der Waals surface area contributed by atoms with E-state index in [-0.39, 0.29) is 11.5 Å². The number of rotatable bonds is 5. The van der Waals surface area contributed by atoms with Crippen molar-refractivity contribution in [3.63, 3.8) is 0 Å². The third-order valence-corrected chi connectivity index (χ3v) is 5.68. The average molecular weight is 357 g/mol. The van der Waals surface area contributed by atoms with Crippen LogP contribution < -0.4 is 10.9 Å². The van der Waals surface area contributed by atoms with Gasteiger partial charge < -0.3 is 9.80 Å². The molecule has 0 aliphatic heterocycles. The third kappa shape index (κ3) is 3.46. The van der Waals surface area contributed by atoms with E-state index in [2.05, 4.69) is 19.4 Å². The Morgan fingerprint density at radius 2 is 1.81 bits per heavy atom. The number of aromatic nitrogens is 2. The van der Waals surface area contributed by atoms with Crippen molar-refractivity contribution in [1.82, 2.24) is 9.36 Å². The molecular formula is C20H29N4O2+. The number of amides is 1. The summed E-state index contributed by atoms with van der Waals surface area (Å²) in [6.45, 7) is 2.23. The highest BCUT2D eigenvalue weighted by Gasteiger charge is 2.33. The number of quaternary nitrogens is 1. The minimum Gasteiger partial charge on any atom is -0.318 e. The predicted molar refractivity (Wildman–Crippen MR) is 104 cm³/mol. The second-order valence-electron chi connectivity index (χ2n) is 7.86. The van der Waals surface area contributed by atoms with Crippen LogP contribution in [0.3, 0.4) is 0 Å². The first kappa shape index (κ1) is 18.5. The smallest absolute Gasteiger partial charge is 0.295 e. The molecule has 1 amide bonds. The van der Waals surface area contributed by atoms with E-state index >= 15 is 0 Å². The maximum Gasteiger partial charge on any atom is 0.295 e. The van der Waals surface area contributed by atoms with Crippen molar-refractivity contribution in [2.24, 2.45) is 7.05 Å². The molecule has 1 aliphatic carbocycles. The van der Waals surface area contributed by atoms with Crippen molar-refractivity contribution in [3.8, 4) is 5.69 Å². The number of likely N-dealkylation sites (N-methyl/N-ethyl adjacent to an activating group) is 1. The number of anilines is 1. The molecule has 1 aromatic carbocycles. The molecule has 6 heteroatoms. The van der Waals surface area contributed by atoms with Crippen molar-refractivity contribution in [2.45, 2.75) is 38.6 Å². The van der Waals surface area contributed by atoms with Gasteiger partial charge in [-0.1, -0.05) is 18.2 Å². The van der Waals surface area contributed by atoms with Crippen LogP contribution in [0.5, 0.6) is 0 Å². The monoisotopic (exact) mass is 357 g/mol. The number of para-hydroxylation sites is 1. The highest BCUT2D eigenvalue weighted by molar-refractivity contribution is 5.92. The fourth-order valence-electron chi connectivity index (χ4n) is 3.99. The summed E-state index contributed by atoms with van der Waals surface area (Å²) in [6.07, 6.45) is 4.83. The van der Waals surface area contributed by atoms with Crippen LogP contribution >= 0.6 is 0 Å². The van der Waals surface area contributed by atoms with Crippen molar-refractivity contribution < 1.29 is 9.28 Å². The average Bonchev–Trinajstić information content (AvgIpc) is 3.20. The highest BCUT2D eigenvalue weighted by atomic mass is 16.2. The number of hydrogen-bond donors (Lipinski definition) is 1. The number of nitrogens with zero attached hydrogens (tertiary/aromatic N) is 3. The van der Waals surface area contributed by atoms with Crippen molar-refractivity contribution in [1.29, 1.82) is 0 Å². The molecule has 0 bridgehead atoms. The van der Waals surface area contributed by atoms with Gasteiger partial charge in [-0.2, -0.15) is 0 Å². The first-order valence-electron chi connectivity index (χ1n) is 9.28. The first-order chi connectivity index (χ1) is 12.3. The van der Waals surface area contributed by atoms with Gasteiger partial charge in [-0.05, 0) is 44.7 Å². The van der Waals surface area contributed by atoms with Gasteiger partial charge in [-0.3, -0.25) is 14.3 Å².